The summed E-state index contributed by atoms with van der Waals surface area (Å²) in [5.74, 6) is 0.679. The first kappa shape index (κ1) is 18.4. The first-order chi connectivity index (χ1) is 14.3. The Balaban J connectivity index is 1.26. The van der Waals surface area contributed by atoms with Crippen molar-refractivity contribution in [3.8, 4) is 28.3 Å². The second-order valence-electron chi connectivity index (χ2n) is 6.21. The number of hydrogen-bond donors (Lipinski definition) is 0. The predicted molar refractivity (Wildman–Crippen MR) is 107 cm³/mol. The number of hydrogen-bond acceptors (Lipinski definition) is 6. The van der Waals surface area contributed by atoms with Crippen molar-refractivity contribution in [3.05, 3.63) is 90.8 Å². The zero-order valence-corrected chi connectivity index (χ0v) is 15.5. The maximum absolute atomic E-state index is 11.9. The number of carbonyl (C=O) groups is 1. The van der Waals surface area contributed by atoms with E-state index in [1.54, 1.807) is 0 Å². The zero-order chi connectivity index (χ0) is 19.9. The van der Waals surface area contributed by atoms with E-state index in [0.29, 0.717) is 11.6 Å². The Morgan fingerprint density at radius 3 is 2.07 bits per heavy atom. The summed E-state index contributed by atoms with van der Waals surface area (Å²) < 4.78 is 16.1. The molecular formula is C23H18N2O4. The zero-order valence-electron chi connectivity index (χ0n) is 15.5. The molecule has 0 saturated carbocycles. The number of benzene rings is 3. The Bertz CT molecular complexity index is 1060. The lowest BCUT2D eigenvalue weighted by Gasteiger charge is -2.07. The van der Waals surface area contributed by atoms with E-state index >= 15 is 0 Å². The summed E-state index contributed by atoms with van der Waals surface area (Å²) in [6.07, 6.45) is 0. The Labute approximate surface area is 167 Å². The van der Waals surface area contributed by atoms with Crippen LogP contribution in [0.2, 0.25) is 0 Å². The Hall–Kier alpha value is -3.93. The summed E-state index contributed by atoms with van der Waals surface area (Å²) in [4.78, 5) is 11.9. The van der Waals surface area contributed by atoms with Gasteiger partial charge in [0.1, 0.15) is 5.75 Å². The molecule has 0 N–H and O–H groups in total. The van der Waals surface area contributed by atoms with E-state index in [0.717, 1.165) is 16.7 Å². The van der Waals surface area contributed by atoms with Crippen LogP contribution < -0.4 is 4.74 Å². The molecule has 0 aliphatic rings. The molecule has 4 aromatic rings. The highest BCUT2D eigenvalue weighted by Gasteiger charge is 2.11. The van der Waals surface area contributed by atoms with Gasteiger partial charge in [-0.15, -0.1) is 10.2 Å². The van der Waals surface area contributed by atoms with Gasteiger partial charge in [0.05, 0.1) is 0 Å². The number of ether oxygens (including phenoxy) is 2. The summed E-state index contributed by atoms with van der Waals surface area (Å²) in [6, 6.07) is 26.9. The van der Waals surface area contributed by atoms with Crippen LogP contribution in [0, 0.1) is 0 Å². The molecule has 0 fully saturated rings. The molecule has 0 unspecified atom stereocenters. The third-order valence-corrected chi connectivity index (χ3v) is 4.16. The van der Waals surface area contributed by atoms with Gasteiger partial charge in [-0.05, 0) is 35.4 Å². The van der Waals surface area contributed by atoms with E-state index < -0.39 is 5.97 Å². The van der Waals surface area contributed by atoms with Crippen LogP contribution in [-0.4, -0.2) is 22.8 Å². The molecule has 0 aliphatic carbocycles. The third-order valence-electron chi connectivity index (χ3n) is 4.16. The molecule has 0 aliphatic heterocycles. The molecular weight excluding hydrogens is 368 g/mol. The van der Waals surface area contributed by atoms with Gasteiger partial charge in [-0.3, -0.25) is 0 Å². The van der Waals surface area contributed by atoms with Crippen molar-refractivity contribution in [2.24, 2.45) is 0 Å². The number of esters is 1. The van der Waals surface area contributed by atoms with E-state index in [9.17, 15) is 4.79 Å². The van der Waals surface area contributed by atoms with Crippen molar-refractivity contribution >= 4 is 5.97 Å². The molecule has 0 spiro atoms. The minimum absolute atomic E-state index is 0.102. The van der Waals surface area contributed by atoms with Gasteiger partial charge >= 0.3 is 5.97 Å². The van der Waals surface area contributed by atoms with Gasteiger partial charge in [0.25, 0.3) is 5.89 Å². The fourth-order valence-electron chi connectivity index (χ4n) is 2.71. The van der Waals surface area contributed by atoms with Gasteiger partial charge in [-0.2, -0.15) is 0 Å². The van der Waals surface area contributed by atoms with Crippen molar-refractivity contribution in [1.29, 1.82) is 0 Å². The van der Waals surface area contributed by atoms with Crippen molar-refractivity contribution in [2.45, 2.75) is 6.61 Å². The van der Waals surface area contributed by atoms with Crippen LogP contribution in [0.3, 0.4) is 0 Å². The van der Waals surface area contributed by atoms with E-state index in [1.165, 1.54) is 0 Å². The van der Waals surface area contributed by atoms with Crippen molar-refractivity contribution in [3.63, 3.8) is 0 Å². The van der Waals surface area contributed by atoms with Gasteiger partial charge in [-0.1, -0.05) is 60.7 Å². The first-order valence-corrected chi connectivity index (χ1v) is 9.10. The maximum Gasteiger partial charge on any atom is 0.344 e. The van der Waals surface area contributed by atoms with E-state index in [1.807, 2.05) is 84.9 Å². The fourth-order valence-corrected chi connectivity index (χ4v) is 2.71. The first-order valence-electron chi connectivity index (χ1n) is 9.10. The fraction of sp³-hybridized carbons (Fsp3) is 0.0870. The average Bonchev–Trinajstić information content (AvgIpc) is 3.27. The molecule has 29 heavy (non-hydrogen) atoms. The molecule has 0 bridgehead atoms. The Kier molecular flexibility index (Phi) is 5.62. The molecule has 0 atom stereocenters. The van der Waals surface area contributed by atoms with Crippen molar-refractivity contribution in [1.82, 2.24) is 10.2 Å². The van der Waals surface area contributed by atoms with Crippen LogP contribution in [0.5, 0.6) is 5.75 Å². The lowest BCUT2D eigenvalue weighted by atomic mass is 10.1. The number of nitrogens with zero attached hydrogens (tertiary/aromatic N) is 2. The molecule has 6 nitrogen and oxygen atoms in total. The number of carbonyl (C=O) groups excluding carboxylic acids is 1. The SMILES string of the molecule is O=C(COc1ccc(-c2ccccc2)cc1)OCc1nnc(-c2ccccc2)o1. The highest BCUT2D eigenvalue weighted by atomic mass is 16.6. The van der Waals surface area contributed by atoms with Gasteiger partial charge in [0.15, 0.2) is 13.2 Å². The molecule has 6 heteroatoms. The summed E-state index contributed by atoms with van der Waals surface area (Å²) in [6.45, 7) is -0.306. The molecule has 0 radical (unpaired) electrons. The van der Waals surface area contributed by atoms with Gasteiger partial charge in [0.2, 0.25) is 5.89 Å². The van der Waals surface area contributed by atoms with Crippen LogP contribution in [0.15, 0.2) is 89.3 Å². The third kappa shape index (κ3) is 4.87. The highest BCUT2D eigenvalue weighted by molar-refractivity contribution is 5.71. The van der Waals surface area contributed by atoms with Crippen molar-refractivity contribution < 1.29 is 18.7 Å². The largest absolute Gasteiger partial charge is 0.482 e. The lowest BCUT2D eigenvalue weighted by molar-refractivity contribution is -0.148. The second kappa shape index (κ2) is 8.84. The van der Waals surface area contributed by atoms with Crippen LogP contribution in [0.25, 0.3) is 22.6 Å². The summed E-state index contributed by atoms with van der Waals surface area (Å²) >= 11 is 0. The Morgan fingerprint density at radius 1 is 0.759 bits per heavy atom. The normalized spacial score (nSPS) is 10.5. The molecule has 0 saturated heterocycles. The van der Waals surface area contributed by atoms with Gasteiger partial charge in [0, 0.05) is 5.56 Å². The molecule has 0 amide bonds. The summed E-state index contributed by atoms with van der Waals surface area (Å²) in [7, 11) is 0. The smallest absolute Gasteiger partial charge is 0.344 e. The maximum atomic E-state index is 11.9. The molecule has 4 rings (SSSR count). The minimum Gasteiger partial charge on any atom is -0.482 e. The minimum atomic E-state index is -0.517. The highest BCUT2D eigenvalue weighted by Crippen LogP contribution is 2.22. The molecule has 1 heterocycles. The molecule has 3 aromatic carbocycles. The predicted octanol–water partition coefficient (Wildman–Crippen LogP) is 4.53. The Morgan fingerprint density at radius 2 is 1.38 bits per heavy atom. The van der Waals surface area contributed by atoms with E-state index in [4.69, 9.17) is 13.9 Å². The standard InChI is InChI=1S/C23H18N2O4/c26-22(28-15-21-24-25-23(29-21)19-9-5-2-6-10-19)16-27-20-13-11-18(12-14-20)17-7-3-1-4-8-17/h1-14H,15-16H2. The molecule has 144 valence electrons. The van der Waals surface area contributed by atoms with Crippen LogP contribution in [0.4, 0.5) is 0 Å². The molecule has 1 aromatic heterocycles. The van der Waals surface area contributed by atoms with Gasteiger partial charge < -0.3 is 13.9 Å². The topological polar surface area (TPSA) is 74.5 Å². The number of aromatic nitrogens is 2. The van der Waals surface area contributed by atoms with Crippen LogP contribution in [-0.2, 0) is 16.1 Å². The average molecular weight is 386 g/mol. The van der Waals surface area contributed by atoms with Gasteiger partial charge in [-0.25, -0.2) is 4.79 Å². The summed E-state index contributed by atoms with van der Waals surface area (Å²) in [5, 5.41) is 7.84. The van der Waals surface area contributed by atoms with E-state index in [-0.39, 0.29) is 19.1 Å². The number of rotatable bonds is 7. The second-order valence-corrected chi connectivity index (χ2v) is 6.21. The van der Waals surface area contributed by atoms with Crippen LogP contribution >= 0.6 is 0 Å². The quantitative estimate of drug-likeness (QED) is 0.435. The van der Waals surface area contributed by atoms with Crippen LogP contribution in [0.1, 0.15) is 5.89 Å². The lowest BCUT2D eigenvalue weighted by Crippen LogP contribution is -2.14. The monoisotopic (exact) mass is 386 g/mol. The van der Waals surface area contributed by atoms with Crippen molar-refractivity contribution in [2.75, 3.05) is 6.61 Å². The van der Waals surface area contributed by atoms with E-state index in [2.05, 4.69) is 10.2 Å². The summed E-state index contributed by atoms with van der Waals surface area (Å²) in [5.41, 5.74) is 3.00.